The van der Waals surface area contributed by atoms with Crippen LogP contribution in [-0.2, 0) is 38.8 Å². The van der Waals surface area contributed by atoms with Gasteiger partial charge in [-0.15, -0.1) is 0 Å². The first-order valence-corrected chi connectivity index (χ1v) is 12.9. The lowest BCUT2D eigenvalue weighted by Crippen LogP contribution is -2.41. The summed E-state index contributed by atoms with van der Waals surface area (Å²) in [5.74, 6) is 1.32. The van der Waals surface area contributed by atoms with Crippen LogP contribution in [0.25, 0.3) is 0 Å². The number of nitrogens with two attached hydrogens (primary N) is 1. The lowest BCUT2D eigenvalue weighted by atomic mass is 9.94. The summed E-state index contributed by atoms with van der Waals surface area (Å²) in [5.41, 5.74) is 13.4. The molecule has 2 aromatic rings. The number of carbonyl (C=O) groups is 2. The largest absolute Gasteiger partial charge is 0.351 e. The highest BCUT2D eigenvalue weighted by molar-refractivity contribution is 5.74. The first kappa shape index (κ1) is 26.6. The molecule has 0 bridgehead atoms. The van der Waals surface area contributed by atoms with Crippen LogP contribution in [0.15, 0.2) is 36.4 Å². The Bertz CT molecular complexity index is 1030. The van der Waals surface area contributed by atoms with Gasteiger partial charge in [-0.05, 0) is 70.9 Å². The quantitative estimate of drug-likeness (QED) is 0.655. The van der Waals surface area contributed by atoms with Crippen LogP contribution in [0.5, 0.6) is 0 Å². The number of benzene rings is 2. The molecule has 0 aliphatic carbocycles. The van der Waals surface area contributed by atoms with E-state index in [1.54, 1.807) is 11.9 Å². The van der Waals surface area contributed by atoms with E-state index in [4.69, 9.17) is 5.73 Å². The molecule has 2 aliphatic heterocycles. The fourth-order valence-electron chi connectivity index (χ4n) is 4.94. The van der Waals surface area contributed by atoms with Crippen LogP contribution in [0.3, 0.4) is 0 Å². The molecule has 0 saturated heterocycles. The average molecular weight is 479 g/mol. The van der Waals surface area contributed by atoms with Crippen molar-refractivity contribution in [2.45, 2.75) is 66.5 Å². The zero-order chi connectivity index (χ0) is 25.5. The van der Waals surface area contributed by atoms with Gasteiger partial charge in [0.1, 0.15) is 0 Å². The van der Waals surface area contributed by atoms with Crippen molar-refractivity contribution in [1.82, 2.24) is 15.1 Å². The molecule has 3 N–H and O–H groups in total. The molecule has 0 fully saturated rings. The summed E-state index contributed by atoms with van der Waals surface area (Å²) in [4.78, 5) is 26.4. The van der Waals surface area contributed by atoms with Crippen molar-refractivity contribution in [1.29, 1.82) is 0 Å². The minimum absolute atomic E-state index is 0.0231. The minimum Gasteiger partial charge on any atom is -0.351 e. The number of urea groups is 2. The summed E-state index contributed by atoms with van der Waals surface area (Å²) >= 11 is 0. The standard InChI is InChI=1S/C15H22N2O.C14H20N2O/c1-11(2)8-12-4-5-13-6-7-17(15(18)16-3)10-14(13)9-12;1-10(2)7-11-3-4-12-5-6-16(14(15)17)9-13(12)8-11/h4-5,9,11H,6-8,10H2,1-3H3,(H,16,18);3-4,8,10H,5-7,9H2,1-2H3,(H2,15,17). The predicted octanol–water partition coefficient (Wildman–Crippen LogP) is 4.90. The van der Waals surface area contributed by atoms with Gasteiger partial charge in [0.15, 0.2) is 0 Å². The number of nitrogens with zero attached hydrogens (tertiary/aromatic N) is 2. The van der Waals surface area contributed by atoms with Crippen molar-refractivity contribution in [2.75, 3.05) is 20.1 Å². The average Bonchev–Trinajstić information content (AvgIpc) is 2.82. The molecule has 35 heavy (non-hydrogen) atoms. The first-order valence-electron chi connectivity index (χ1n) is 12.9. The summed E-state index contributed by atoms with van der Waals surface area (Å²) in [7, 11) is 1.69. The molecule has 0 unspecified atom stereocenters. The van der Waals surface area contributed by atoms with E-state index in [1.165, 1.54) is 33.4 Å². The molecule has 4 amide bonds. The van der Waals surface area contributed by atoms with Crippen LogP contribution >= 0.6 is 0 Å². The fraction of sp³-hybridized carbons (Fsp3) is 0.517. The topological polar surface area (TPSA) is 78.7 Å². The first-order chi connectivity index (χ1) is 16.7. The van der Waals surface area contributed by atoms with Crippen LogP contribution in [0.2, 0.25) is 0 Å². The van der Waals surface area contributed by atoms with Crippen molar-refractivity contribution >= 4 is 12.1 Å². The minimum atomic E-state index is -0.315. The fourth-order valence-corrected chi connectivity index (χ4v) is 4.94. The Morgan fingerprint density at radius 3 is 1.69 bits per heavy atom. The van der Waals surface area contributed by atoms with Crippen LogP contribution in [-0.4, -0.2) is 42.0 Å². The molecule has 2 heterocycles. The number of carbonyl (C=O) groups excluding carboxylic acids is 2. The molecular weight excluding hydrogens is 436 g/mol. The van der Waals surface area contributed by atoms with E-state index in [9.17, 15) is 9.59 Å². The maximum absolute atomic E-state index is 11.7. The van der Waals surface area contributed by atoms with E-state index in [-0.39, 0.29) is 12.1 Å². The zero-order valence-corrected chi connectivity index (χ0v) is 22.1. The lowest BCUT2D eigenvalue weighted by molar-refractivity contribution is 0.194. The van der Waals surface area contributed by atoms with Crippen molar-refractivity contribution in [3.05, 3.63) is 69.8 Å². The van der Waals surface area contributed by atoms with Gasteiger partial charge < -0.3 is 20.9 Å². The molecule has 0 saturated carbocycles. The Hall–Kier alpha value is -3.02. The van der Waals surface area contributed by atoms with E-state index in [0.29, 0.717) is 18.4 Å². The summed E-state index contributed by atoms with van der Waals surface area (Å²) in [5, 5.41) is 2.70. The molecule has 0 aromatic heterocycles. The molecule has 2 aromatic carbocycles. The number of amides is 4. The smallest absolute Gasteiger partial charge is 0.317 e. The number of rotatable bonds is 4. The second-order valence-electron chi connectivity index (χ2n) is 10.6. The van der Waals surface area contributed by atoms with Gasteiger partial charge in [0.05, 0.1) is 0 Å². The number of nitrogens with one attached hydrogen (secondary N) is 1. The van der Waals surface area contributed by atoms with Gasteiger partial charge in [0.2, 0.25) is 0 Å². The Kier molecular flexibility index (Phi) is 9.19. The molecule has 6 nitrogen and oxygen atoms in total. The monoisotopic (exact) mass is 478 g/mol. The third kappa shape index (κ3) is 7.48. The van der Waals surface area contributed by atoms with Gasteiger partial charge in [-0.1, -0.05) is 64.1 Å². The van der Waals surface area contributed by atoms with E-state index >= 15 is 0 Å². The number of hydrogen-bond donors (Lipinski definition) is 2. The Balaban J connectivity index is 0.000000196. The third-order valence-electron chi connectivity index (χ3n) is 6.67. The van der Waals surface area contributed by atoms with E-state index in [1.807, 2.05) is 4.90 Å². The van der Waals surface area contributed by atoms with Crippen LogP contribution in [0, 0.1) is 11.8 Å². The number of hydrogen-bond acceptors (Lipinski definition) is 2. The van der Waals surface area contributed by atoms with Crippen molar-refractivity contribution < 1.29 is 9.59 Å². The maximum atomic E-state index is 11.7. The van der Waals surface area contributed by atoms with Crippen molar-refractivity contribution in [2.24, 2.45) is 17.6 Å². The normalized spacial score (nSPS) is 14.7. The van der Waals surface area contributed by atoms with E-state index in [2.05, 4.69) is 69.4 Å². The molecule has 0 spiro atoms. The van der Waals surface area contributed by atoms with Gasteiger partial charge >= 0.3 is 12.1 Å². The highest BCUT2D eigenvalue weighted by Crippen LogP contribution is 2.23. The van der Waals surface area contributed by atoms with Crippen molar-refractivity contribution in [3.8, 4) is 0 Å². The summed E-state index contributed by atoms with van der Waals surface area (Å²) in [6.07, 6.45) is 4.07. The second kappa shape index (κ2) is 12.1. The molecule has 6 heteroatoms. The van der Waals surface area contributed by atoms with Gasteiger partial charge in [0, 0.05) is 33.2 Å². The molecule has 190 valence electrons. The van der Waals surface area contributed by atoms with E-state index in [0.717, 1.165) is 45.3 Å². The molecule has 0 atom stereocenters. The maximum Gasteiger partial charge on any atom is 0.317 e. The molecule has 0 radical (unpaired) electrons. The second-order valence-corrected chi connectivity index (χ2v) is 10.6. The SMILES string of the molecule is CC(C)Cc1ccc2c(c1)CN(C(N)=O)CC2.CNC(=O)N1CCc2ccc(CC(C)C)cc2C1. The Morgan fingerprint density at radius 2 is 1.26 bits per heavy atom. The predicted molar refractivity (Wildman–Crippen MR) is 142 cm³/mol. The summed E-state index contributed by atoms with van der Waals surface area (Å²) in [6.45, 7) is 11.9. The number of fused-ring (bicyclic) bond motifs is 2. The van der Waals surface area contributed by atoms with Gasteiger partial charge in [-0.3, -0.25) is 0 Å². The zero-order valence-electron chi connectivity index (χ0n) is 22.1. The third-order valence-corrected chi connectivity index (χ3v) is 6.67. The van der Waals surface area contributed by atoms with Crippen molar-refractivity contribution in [3.63, 3.8) is 0 Å². The van der Waals surface area contributed by atoms with Gasteiger partial charge in [0.25, 0.3) is 0 Å². The summed E-state index contributed by atoms with van der Waals surface area (Å²) < 4.78 is 0. The van der Waals surface area contributed by atoms with Gasteiger partial charge in [-0.25, -0.2) is 9.59 Å². The highest BCUT2D eigenvalue weighted by atomic mass is 16.2. The highest BCUT2D eigenvalue weighted by Gasteiger charge is 2.20. The van der Waals surface area contributed by atoms with Crippen LogP contribution < -0.4 is 11.1 Å². The molecule has 2 aliphatic rings. The summed E-state index contributed by atoms with van der Waals surface area (Å²) in [6, 6.07) is 13.1. The molecule has 4 rings (SSSR count). The van der Waals surface area contributed by atoms with Crippen LogP contribution in [0.4, 0.5) is 9.59 Å². The van der Waals surface area contributed by atoms with Crippen LogP contribution in [0.1, 0.15) is 61.1 Å². The Labute approximate surface area is 210 Å². The number of primary amides is 1. The molecular formula is C29H42N4O2. The van der Waals surface area contributed by atoms with Gasteiger partial charge in [-0.2, -0.15) is 0 Å². The lowest BCUT2D eigenvalue weighted by Gasteiger charge is -2.29. The Morgan fingerprint density at radius 1 is 0.800 bits per heavy atom. The van der Waals surface area contributed by atoms with E-state index < -0.39 is 0 Å².